The van der Waals surface area contributed by atoms with Crippen molar-refractivity contribution in [1.82, 2.24) is 24.1 Å². The molecule has 3 aromatic heterocycles. The van der Waals surface area contributed by atoms with Crippen LogP contribution in [0, 0.1) is 0 Å². The molecule has 0 aliphatic carbocycles. The summed E-state index contributed by atoms with van der Waals surface area (Å²) < 4.78 is 3.82. The maximum Gasteiger partial charge on any atom is 0.257 e. The Morgan fingerprint density at radius 2 is 2.04 bits per heavy atom. The Kier molecular flexibility index (Phi) is 3.37. The molecule has 1 saturated heterocycles. The molecule has 0 N–H and O–H groups in total. The Labute approximate surface area is 134 Å². The molecule has 1 aliphatic rings. The summed E-state index contributed by atoms with van der Waals surface area (Å²) in [4.78, 5) is 19.2. The molecule has 0 saturated carbocycles. The highest BCUT2D eigenvalue weighted by molar-refractivity contribution is 6.00. The van der Waals surface area contributed by atoms with Gasteiger partial charge < -0.3 is 9.47 Å². The van der Waals surface area contributed by atoms with Crippen LogP contribution in [-0.2, 0) is 7.05 Å². The fraction of sp³-hybridized carbons (Fsp3) is 0.353. The van der Waals surface area contributed by atoms with E-state index in [-0.39, 0.29) is 5.91 Å². The zero-order valence-corrected chi connectivity index (χ0v) is 13.1. The third kappa shape index (κ3) is 2.40. The van der Waals surface area contributed by atoms with Crippen LogP contribution in [0.2, 0.25) is 0 Å². The molecule has 118 valence electrons. The maximum absolute atomic E-state index is 12.8. The molecule has 0 bridgehead atoms. The molecule has 0 aromatic carbocycles. The lowest BCUT2D eigenvalue weighted by Crippen LogP contribution is -2.38. The molecule has 3 aromatic rings. The Morgan fingerprint density at radius 1 is 1.22 bits per heavy atom. The monoisotopic (exact) mass is 309 g/mol. The lowest BCUT2D eigenvalue weighted by Gasteiger charge is -2.31. The summed E-state index contributed by atoms with van der Waals surface area (Å²) in [5.41, 5.74) is 1.55. The number of nitrogens with zero attached hydrogens (tertiary/aromatic N) is 5. The quantitative estimate of drug-likeness (QED) is 0.728. The van der Waals surface area contributed by atoms with Gasteiger partial charge in [0.05, 0.1) is 17.3 Å². The van der Waals surface area contributed by atoms with E-state index in [1.54, 1.807) is 10.7 Å². The van der Waals surface area contributed by atoms with Crippen LogP contribution >= 0.6 is 0 Å². The molecule has 1 fully saturated rings. The molecule has 6 heteroatoms. The zero-order valence-electron chi connectivity index (χ0n) is 13.1. The van der Waals surface area contributed by atoms with Gasteiger partial charge in [-0.25, -0.2) is 9.50 Å². The first-order valence-electron chi connectivity index (χ1n) is 7.93. The number of rotatable bonds is 2. The third-order valence-corrected chi connectivity index (χ3v) is 4.66. The van der Waals surface area contributed by atoms with Crippen LogP contribution in [0.3, 0.4) is 0 Å². The number of hydrogen-bond acceptors (Lipinski definition) is 3. The summed E-state index contributed by atoms with van der Waals surface area (Å²) >= 11 is 0. The molecule has 4 rings (SSSR count). The molecule has 6 nitrogen and oxygen atoms in total. The van der Waals surface area contributed by atoms with Gasteiger partial charge in [0.2, 0.25) is 0 Å². The van der Waals surface area contributed by atoms with Gasteiger partial charge in [0.15, 0.2) is 0 Å². The highest BCUT2D eigenvalue weighted by Crippen LogP contribution is 2.27. The molecule has 1 aliphatic heterocycles. The van der Waals surface area contributed by atoms with Crippen molar-refractivity contribution in [3.05, 3.63) is 54.4 Å². The predicted molar refractivity (Wildman–Crippen MR) is 86.3 cm³/mol. The number of carbonyl (C=O) groups is 1. The van der Waals surface area contributed by atoms with Gasteiger partial charge in [0, 0.05) is 44.6 Å². The third-order valence-electron chi connectivity index (χ3n) is 4.66. The minimum atomic E-state index is 0.0736. The summed E-state index contributed by atoms with van der Waals surface area (Å²) in [5.74, 6) is 1.63. The largest absolute Gasteiger partial charge is 0.338 e. The Morgan fingerprint density at radius 3 is 2.78 bits per heavy atom. The smallest absolute Gasteiger partial charge is 0.257 e. The van der Waals surface area contributed by atoms with Crippen LogP contribution in [0.1, 0.15) is 34.9 Å². The second-order valence-corrected chi connectivity index (χ2v) is 6.05. The highest BCUT2D eigenvalue weighted by Gasteiger charge is 2.27. The number of fused-ring (bicyclic) bond motifs is 1. The normalized spacial score (nSPS) is 16.1. The van der Waals surface area contributed by atoms with Crippen molar-refractivity contribution in [2.75, 3.05) is 13.1 Å². The molecule has 0 spiro atoms. The fourth-order valence-electron chi connectivity index (χ4n) is 3.38. The van der Waals surface area contributed by atoms with Gasteiger partial charge in [0.1, 0.15) is 5.82 Å². The highest BCUT2D eigenvalue weighted by atomic mass is 16.2. The van der Waals surface area contributed by atoms with E-state index in [1.165, 1.54) is 0 Å². The van der Waals surface area contributed by atoms with E-state index in [0.717, 1.165) is 37.3 Å². The standard InChI is InChI=1S/C17H19N5O/c1-20-11-7-18-16(20)13-5-9-21(10-6-13)17(23)14-12-19-22-8-3-2-4-15(14)22/h2-4,7-8,11-13H,5-6,9-10H2,1H3. The lowest BCUT2D eigenvalue weighted by molar-refractivity contribution is 0.0712. The van der Waals surface area contributed by atoms with Crippen molar-refractivity contribution in [1.29, 1.82) is 0 Å². The van der Waals surface area contributed by atoms with Crippen LogP contribution in [0.25, 0.3) is 5.52 Å². The van der Waals surface area contributed by atoms with E-state index in [1.807, 2.05) is 48.7 Å². The number of piperidine rings is 1. The molecular weight excluding hydrogens is 290 g/mol. The number of pyridine rings is 1. The van der Waals surface area contributed by atoms with E-state index < -0.39 is 0 Å². The summed E-state index contributed by atoms with van der Waals surface area (Å²) in [5, 5.41) is 4.26. The van der Waals surface area contributed by atoms with E-state index in [0.29, 0.717) is 11.5 Å². The van der Waals surface area contributed by atoms with Gasteiger partial charge in [-0.15, -0.1) is 0 Å². The van der Waals surface area contributed by atoms with Crippen molar-refractivity contribution in [2.24, 2.45) is 7.05 Å². The van der Waals surface area contributed by atoms with Gasteiger partial charge in [0.25, 0.3) is 5.91 Å². The number of aryl methyl sites for hydroxylation is 1. The van der Waals surface area contributed by atoms with Crippen LogP contribution in [0.15, 0.2) is 43.0 Å². The van der Waals surface area contributed by atoms with Gasteiger partial charge in [-0.2, -0.15) is 5.10 Å². The summed E-state index contributed by atoms with van der Waals surface area (Å²) in [7, 11) is 2.03. The zero-order chi connectivity index (χ0) is 15.8. The Balaban J connectivity index is 1.50. The number of hydrogen-bond donors (Lipinski definition) is 0. The first kappa shape index (κ1) is 14.0. The second-order valence-electron chi connectivity index (χ2n) is 6.05. The molecule has 0 radical (unpaired) electrons. The van der Waals surface area contributed by atoms with Crippen molar-refractivity contribution in [3.8, 4) is 0 Å². The van der Waals surface area contributed by atoms with Crippen LogP contribution in [0.5, 0.6) is 0 Å². The van der Waals surface area contributed by atoms with Gasteiger partial charge in [-0.3, -0.25) is 4.79 Å². The summed E-state index contributed by atoms with van der Waals surface area (Å²) in [6.07, 6.45) is 9.26. The average Bonchev–Trinajstić information content (AvgIpc) is 3.20. The van der Waals surface area contributed by atoms with E-state index in [4.69, 9.17) is 0 Å². The topological polar surface area (TPSA) is 55.4 Å². The number of likely N-dealkylation sites (tertiary alicyclic amines) is 1. The molecule has 1 amide bonds. The van der Waals surface area contributed by atoms with Crippen LogP contribution in [-0.4, -0.2) is 43.1 Å². The Hall–Kier alpha value is -2.63. The second kappa shape index (κ2) is 5.53. The van der Waals surface area contributed by atoms with Crippen molar-refractivity contribution in [2.45, 2.75) is 18.8 Å². The minimum Gasteiger partial charge on any atom is -0.338 e. The predicted octanol–water partition coefficient (Wildman–Crippen LogP) is 2.09. The average molecular weight is 309 g/mol. The van der Waals surface area contributed by atoms with Crippen molar-refractivity contribution in [3.63, 3.8) is 0 Å². The molecule has 23 heavy (non-hydrogen) atoms. The first-order valence-corrected chi connectivity index (χ1v) is 7.93. The van der Waals surface area contributed by atoms with Gasteiger partial charge in [-0.05, 0) is 25.0 Å². The fourth-order valence-corrected chi connectivity index (χ4v) is 3.38. The first-order chi connectivity index (χ1) is 11.2. The molecular formula is C17H19N5O. The van der Waals surface area contributed by atoms with E-state index in [2.05, 4.69) is 14.6 Å². The van der Waals surface area contributed by atoms with Crippen LogP contribution < -0.4 is 0 Å². The minimum absolute atomic E-state index is 0.0736. The van der Waals surface area contributed by atoms with Gasteiger partial charge >= 0.3 is 0 Å². The van der Waals surface area contributed by atoms with Crippen molar-refractivity contribution < 1.29 is 4.79 Å². The van der Waals surface area contributed by atoms with Gasteiger partial charge in [-0.1, -0.05) is 6.07 Å². The molecule has 4 heterocycles. The molecule has 0 atom stereocenters. The summed E-state index contributed by atoms with van der Waals surface area (Å²) in [6.45, 7) is 1.53. The SMILES string of the molecule is Cn1ccnc1C1CCN(C(=O)c2cnn3ccccc23)CC1. The van der Waals surface area contributed by atoms with Crippen LogP contribution in [0.4, 0.5) is 0 Å². The van der Waals surface area contributed by atoms with E-state index >= 15 is 0 Å². The number of carbonyl (C=O) groups excluding carboxylic acids is 1. The number of amides is 1. The number of aromatic nitrogens is 4. The van der Waals surface area contributed by atoms with Crippen molar-refractivity contribution >= 4 is 11.4 Å². The summed E-state index contributed by atoms with van der Waals surface area (Å²) in [6, 6.07) is 5.77. The van der Waals surface area contributed by atoms with E-state index in [9.17, 15) is 4.79 Å². The Bertz CT molecular complexity index is 841. The number of imidazole rings is 1. The maximum atomic E-state index is 12.8. The lowest BCUT2D eigenvalue weighted by atomic mass is 9.95. The molecule has 0 unspecified atom stereocenters.